The predicted octanol–water partition coefficient (Wildman–Crippen LogP) is 7.30. The molecule has 220 valence electrons. The van der Waals surface area contributed by atoms with Crippen molar-refractivity contribution >= 4 is 29.2 Å². The molecule has 0 saturated carbocycles. The van der Waals surface area contributed by atoms with Crippen molar-refractivity contribution in [3.8, 4) is 51.4 Å². The number of esters is 1. The number of rotatable bonds is 8. The zero-order valence-electron chi connectivity index (χ0n) is 24.4. The first-order valence-corrected chi connectivity index (χ1v) is 13.8. The molecule has 0 amide bonds. The van der Waals surface area contributed by atoms with Crippen LogP contribution in [-0.4, -0.2) is 48.6 Å². The number of carbonyl (C=O) groups excluding carboxylic acids is 1. The Morgan fingerprint density at radius 3 is 1.44 bits per heavy atom. The van der Waals surface area contributed by atoms with E-state index < -0.39 is 5.97 Å². The van der Waals surface area contributed by atoms with Crippen LogP contribution in [0.4, 0.5) is 0 Å². The molecule has 3 aromatic rings. The molecule has 41 heavy (non-hydrogen) atoms. The highest BCUT2D eigenvalue weighted by Gasteiger charge is 2.38. The first-order chi connectivity index (χ1) is 19.7. The highest BCUT2D eigenvalue weighted by Crippen LogP contribution is 2.60. The summed E-state index contributed by atoms with van der Waals surface area (Å²) in [7, 11) is 9.05. The molecule has 0 aliphatic heterocycles. The van der Waals surface area contributed by atoms with Gasteiger partial charge in [-0.05, 0) is 60.1 Å². The fraction of sp³-hybridized carbons (Fsp3) is 0.387. The lowest BCUT2D eigenvalue weighted by molar-refractivity contribution is 0.0729. The van der Waals surface area contributed by atoms with Gasteiger partial charge in [0, 0.05) is 11.1 Å². The standard InChI is InChI=1S/C31H34Cl2O8/c1-15-13-19-21(25(36-4)29(39-7)27(37-5)23(19)32)22-20(14-16(15)2)24(33)28(38-6)30(40-8)26(22)41-31(34)17-9-11-18(35-3)12-10-17/h9-12,15-16H,13-14H2,1-8H3. The van der Waals surface area contributed by atoms with Crippen molar-refractivity contribution in [2.75, 3.05) is 42.7 Å². The Morgan fingerprint density at radius 2 is 1.02 bits per heavy atom. The summed E-state index contributed by atoms with van der Waals surface area (Å²) in [5.74, 6) is 1.86. The Bertz CT molecular complexity index is 1450. The molecule has 1 aliphatic rings. The van der Waals surface area contributed by atoms with Gasteiger partial charge < -0.3 is 33.2 Å². The molecule has 0 spiro atoms. The van der Waals surface area contributed by atoms with E-state index in [2.05, 4.69) is 13.8 Å². The van der Waals surface area contributed by atoms with E-state index in [1.54, 1.807) is 31.4 Å². The Balaban J connectivity index is 2.15. The van der Waals surface area contributed by atoms with E-state index in [0.717, 1.165) is 5.56 Å². The lowest BCUT2D eigenvalue weighted by Crippen LogP contribution is -2.20. The van der Waals surface area contributed by atoms with Crippen molar-refractivity contribution in [2.24, 2.45) is 11.8 Å². The molecule has 0 heterocycles. The lowest BCUT2D eigenvalue weighted by atomic mass is 9.77. The van der Waals surface area contributed by atoms with Gasteiger partial charge in [-0.3, -0.25) is 0 Å². The van der Waals surface area contributed by atoms with Gasteiger partial charge in [-0.15, -0.1) is 0 Å². The highest BCUT2D eigenvalue weighted by atomic mass is 35.5. The third-order valence-corrected chi connectivity index (χ3v) is 8.43. The number of halogens is 2. The van der Waals surface area contributed by atoms with Gasteiger partial charge in [0.2, 0.25) is 11.5 Å². The summed E-state index contributed by atoms with van der Waals surface area (Å²) in [6, 6.07) is 6.60. The van der Waals surface area contributed by atoms with Crippen molar-refractivity contribution in [3.05, 3.63) is 51.0 Å². The lowest BCUT2D eigenvalue weighted by Gasteiger charge is -2.32. The van der Waals surface area contributed by atoms with Gasteiger partial charge in [-0.2, -0.15) is 0 Å². The summed E-state index contributed by atoms with van der Waals surface area (Å²) in [4.78, 5) is 13.6. The van der Waals surface area contributed by atoms with Crippen LogP contribution in [0.1, 0.15) is 35.3 Å². The van der Waals surface area contributed by atoms with Crippen LogP contribution in [0.5, 0.6) is 40.2 Å². The quantitative estimate of drug-likeness (QED) is 0.196. The van der Waals surface area contributed by atoms with Crippen LogP contribution in [0.2, 0.25) is 10.0 Å². The maximum Gasteiger partial charge on any atom is 0.343 e. The Labute approximate surface area is 250 Å². The topological polar surface area (TPSA) is 81.7 Å². The molecule has 8 nitrogen and oxygen atoms in total. The van der Waals surface area contributed by atoms with Crippen molar-refractivity contribution in [1.29, 1.82) is 0 Å². The molecule has 0 N–H and O–H groups in total. The molecule has 0 aromatic heterocycles. The van der Waals surface area contributed by atoms with E-state index >= 15 is 0 Å². The summed E-state index contributed by atoms with van der Waals surface area (Å²) < 4.78 is 40.3. The summed E-state index contributed by atoms with van der Waals surface area (Å²) in [5.41, 5.74) is 2.82. The van der Waals surface area contributed by atoms with E-state index in [0.29, 0.717) is 68.1 Å². The van der Waals surface area contributed by atoms with Gasteiger partial charge in [0.15, 0.2) is 23.0 Å². The zero-order valence-corrected chi connectivity index (χ0v) is 25.9. The molecule has 0 bridgehead atoms. The summed E-state index contributed by atoms with van der Waals surface area (Å²) in [6.45, 7) is 4.29. The Hall–Kier alpha value is -3.49. The smallest absolute Gasteiger partial charge is 0.343 e. The first kappa shape index (κ1) is 30.5. The Kier molecular flexibility index (Phi) is 9.34. The number of fused-ring (bicyclic) bond motifs is 3. The monoisotopic (exact) mass is 604 g/mol. The third kappa shape index (κ3) is 5.31. The molecule has 4 rings (SSSR count). The van der Waals surface area contributed by atoms with Gasteiger partial charge in [-0.25, -0.2) is 4.79 Å². The zero-order chi connectivity index (χ0) is 30.0. The second kappa shape index (κ2) is 12.6. The van der Waals surface area contributed by atoms with Crippen LogP contribution in [0.3, 0.4) is 0 Å². The number of hydrogen-bond donors (Lipinski definition) is 0. The second-order valence-electron chi connectivity index (χ2n) is 9.81. The molecule has 2 atom stereocenters. The largest absolute Gasteiger partial charge is 0.497 e. The van der Waals surface area contributed by atoms with Crippen LogP contribution in [-0.2, 0) is 12.8 Å². The minimum absolute atomic E-state index is 0.120. The van der Waals surface area contributed by atoms with Crippen LogP contribution in [0, 0.1) is 11.8 Å². The minimum Gasteiger partial charge on any atom is -0.497 e. The number of benzene rings is 3. The summed E-state index contributed by atoms with van der Waals surface area (Å²) in [5, 5.41) is 0.703. The van der Waals surface area contributed by atoms with Gasteiger partial charge in [-0.1, -0.05) is 37.0 Å². The van der Waals surface area contributed by atoms with E-state index in [1.807, 2.05) is 0 Å². The number of carbonyl (C=O) groups is 1. The summed E-state index contributed by atoms with van der Waals surface area (Å²) in [6.07, 6.45) is 1.14. The average Bonchev–Trinajstić information content (AvgIpc) is 2.98. The molecule has 2 unspecified atom stereocenters. The predicted molar refractivity (Wildman–Crippen MR) is 158 cm³/mol. The van der Waals surface area contributed by atoms with Gasteiger partial charge in [0.05, 0.1) is 58.3 Å². The minimum atomic E-state index is -0.618. The van der Waals surface area contributed by atoms with Crippen molar-refractivity contribution in [2.45, 2.75) is 26.7 Å². The van der Waals surface area contributed by atoms with Crippen LogP contribution in [0.15, 0.2) is 24.3 Å². The fourth-order valence-electron chi connectivity index (χ4n) is 5.27. The van der Waals surface area contributed by atoms with Crippen molar-refractivity contribution < 1.29 is 38.0 Å². The molecular weight excluding hydrogens is 571 g/mol. The number of ether oxygens (including phenoxy) is 7. The maximum atomic E-state index is 13.6. The number of methoxy groups -OCH3 is 6. The molecule has 3 aromatic carbocycles. The summed E-state index contributed by atoms with van der Waals surface area (Å²) >= 11 is 14.1. The van der Waals surface area contributed by atoms with E-state index in [1.165, 1.54) is 35.5 Å². The third-order valence-electron chi connectivity index (χ3n) is 7.63. The fourth-order valence-corrected chi connectivity index (χ4v) is 5.93. The van der Waals surface area contributed by atoms with Crippen LogP contribution >= 0.6 is 23.2 Å². The average molecular weight is 606 g/mol. The van der Waals surface area contributed by atoms with Gasteiger partial charge in [0.1, 0.15) is 5.75 Å². The highest BCUT2D eigenvalue weighted by molar-refractivity contribution is 6.35. The Morgan fingerprint density at radius 1 is 0.610 bits per heavy atom. The molecule has 0 saturated heterocycles. The molecule has 1 aliphatic carbocycles. The van der Waals surface area contributed by atoms with Crippen molar-refractivity contribution in [3.63, 3.8) is 0 Å². The molecular formula is C31H34Cl2O8. The molecule has 0 radical (unpaired) electrons. The maximum absolute atomic E-state index is 13.6. The number of hydrogen-bond acceptors (Lipinski definition) is 8. The normalized spacial score (nSPS) is 16.0. The van der Waals surface area contributed by atoms with Gasteiger partial charge >= 0.3 is 5.97 Å². The van der Waals surface area contributed by atoms with Crippen LogP contribution in [0.25, 0.3) is 11.1 Å². The first-order valence-electron chi connectivity index (χ1n) is 13.0. The molecule has 0 fully saturated rings. The SMILES string of the molecule is COc1ccc(C(=O)Oc2c(OC)c(OC)c(Cl)c3c2-c2c(c(Cl)c(OC)c(OC)c2OC)CC(C)C(C)C3)cc1. The van der Waals surface area contributed by atoms with E-state index in [-0.39, 0.29) is 29.1 Å². The van der Waals surface area contributed by atoms with Crippen molar-refractivity contribution in [1.82, 2.24) is 0 Å². The molecule has 10 heteroatoms. The van der Waals surface area contributed by atoms with E-state index in [9.17, 15) is 4.79 Å². The second-order valence-corrected chi connectivity index (χ2v) is 10.6. The van der Waals surface area contributed by atoms with Crippen LogP contribution < -0.4 is 33.2 Å². The van der Waals surface area contributed by atoms with Gasteiger partial charge in [0.25, 0.3) is 0 Å². The van der Waals surface area contributed by atoms with E-state index in [4.69, 9.17) is 56.4 Å².